The van der Waals surface area contributed by atoms with Gasteiger partial charge >= 0.3 is 0 Å². The van der Waals surface area contributed by atoms with Crippen molar-refractivity contribution in [2.24, 2.45) is 0 Å². The number of anilines is 1. The monoisotopic (exact) mass is 305 g/mol. The van der Waals surface area contributed by atoms with Crippen LogP contribution in [0.25, 0.3) is 0 Å². The molecule has 21 heavy (non-hydrogen) atoms. The van der Waals surface area contributed by atoms with E-state index in [0.29, 0.717) is 0 Å². The van der Waals surface area contributed by atoms with Crippen LogP contribution in [0.3, 0.4) is 0 Å². The lowest BCUT2D eigenvalue weighted by atomic mass is 10.2. The zero-order chi connectivity index (χ0) is 15.8. The molecule has 1 unspecified atom stereocenters. The Morgan fingerprint density at radius 3 is 2.14 bits per heavy atom. The van der Waals surface area contributed by atoms with E-state index in [4.69, 9.17) is 10.5 Å². The fourth-order valence-electron chi connectivity index (χ4n) is 1.61. The summed E-state index contributed by atoms with van der Waals surface area (Å²) in [5.74, 6) is 1.49. The number of rotatable bonds is 3. The van der Waals surface area contributed by atoms with Crippen LogP contribution >= 0.6 is 0 Å². The maximum absolute atomic E-state index is 11.3. The van der Waals surface area contributed by atoms with Crippen LogP contribution < -0.4 is 10.5 Å². The second kappa shape index (κ2) is 8.47. The second-order valence-electron chi connectivity index (χ2n) is 4.76. The van der Waals surface area contributed by atoms with Crippen molar-refractivity contribution < 1.29 is 8.95 Å². The first-order valence-corrected chi connectivity index (χ1v) is 8.51. The molecule has 2 aromatic rings. The number of aryl methyl sites for hydroxylation is 1. The Bertz CT molecular complexity index is 594. The van der Waals surface area contributed by atoms with Crippen molar-refractivity contribution in [1.82, 2.24) is 0 Å². The van der Waals surface area contributed by atoms with Crippen LogP contribution in [-0.2, 0) is 10.8 Å². The fourth-order valence-corrected chi connectivity index (χ4v) is 2.13. The molecule has 0 aromatic heterocycles. The van der Waals surface area contributed by atoms with E-state index >= 15 is 0 Å². The molecular formula is C17H23NO2S. The Morgan fingerprint density at radius 1 is 1.10 bits per heavy atom. The van der Waals surface area contributed by atoms with Crippen molar-refractivity contribution in [1.29, 1.82) is 0 Å². The lowest BCUT2D eigenvalue weighted by molar-refractivity contribution is 0.478. The van der Waals surface area contributed by atoms with Gasteiger partial charge in [-0.15, -0.1) is 0 Å². The van der Waals surface area contributed by atoms with Crippen LogP contribution in [0.15, 0.2) is 47.4 Å². The first-order chi connectivity index (χ1) is 9.97. The smallest absolute Gasteiger partial charge is 0.130 e. The van der Waals surface area contributed by atoms with Crippen LogP contribution in [0.1, 0.15) is 25.8 Å². The van der Waals surface area contributed by atoms with E-state index in [1.807, 2.05) is 31.2 Å². The molecule has 0 heterocycles. The lowest BCUT2D eigenvalue weighted by Gasteiger charge is -2.09. The highest BCUT2D eigenvalue weighted by Crippen LogP contribution is 2.26. The molecule has 2 rings (SSSR count). The normalized spacial score (nSPS) is 11.2. The predicted molar refractivity (Wildman–Crippen MR) is 90.4 cm³/mol. The molecular weight excluding hydrogens is 282 g/mol. The molecule has 3 nitrogen and oxygen atoms in total. The Kier molecular flexibility index (Phi) is 6.96. The van der Waals surface area contributed by atoms with Crippen LogP contribution in [-0.4, -0.2) is 10.5 Å². The third kappa shape index (κ3) is 5.60. The zero-order valence-corrected chi connectivity index (χ0v) is 13.9. The van der Waals surface area contributed by atoms with Gasteiger partial charge in [-0.05, 0) is 55.0 Å². The zero-order valence-electron chi connectivity index (χ0n) is 13.1. The van der Waals surface area contributed by atoms with Crippen molar-refractivity contribution >= 4 is 16.5 Å². The molecule has 0 saturated heterocycles. The highest BCUT2D eigenvalue weighted by atomic mass is 32.2. The van der Waals surface area contributed by atoms with E-state index in [-0.39, 0.29) is 0 Å². The summed E-state index contributed by atoms with van der Waals surface area (Å²) in [6.07, 6.45) is 2.90. The predicted octanol–water partition coefficient (Wildman–Crippen LogP) is 4.52. The summed E-state index contributed by atoms with van der Waals surface area (Å²) in [7, 11) is -0.963. The minimum atomic E-state index is -0.963. The molecule has 2 N–H and O–H groups in total. The topological polar surface area (TPSA) is 52.3 Å². The average Bonchev–Trinajstić information content (AvgIpc) is 2.43. The van der Waals surface area contributed by atoms with E-state index in [2.05, 4.69) is 13.8 Å². The van der Waals surface area contributed by atoms with E-state index in [0.717, 1.165) is 27.6 Å². The van der Waals surface area contributed by atoms with E-state index < -0.39 is 10.8 Å². The quantitative estimate of drug-likeness (QED) is 0.848. The van der Waals surface area contributed by atoms with Crippen molar-refractivity contribution in [3.8, 4) is 11.5 Å². The van der Waals surface area contributed by atoms with Gasteiger partial charge in [-0.25, -0.2) is 0 Å². The molecule has 1 atom stereocenters. The van der Waals surface area contributed by atoms with Gasteiger partial charge in [0.2, 0.25) is 0 Å². The summed E-state index contributed by atoms with van der Waals surface area (Å²) in [4.78, 5) is 0.788. The van der Waals surface area contributed by atoms with Gasteiger partial charge in [-0.3, -0.25) is 4.21 Å². The molecule has 0 aliphatic rings. The summed E-state index contributed by atoms with van der Waals surface area (Å²) in [5.41, 5.74) is 7.39. The van der Waals surface area contributed by atoms with Gasteiger partial charge in [-0.2, -0.15) is 0 Å². The van der Waals surface area contributed by atoms with Crippen LogP contribution in [0.2, 0.25) is 0 Å². The molecule has 2 aromatic carbocycles. The van der Waals surface area contributed by atoms with Gasteiger partial charge in [0.05, 0.1) is 0 Å². The van der Waals surface area contributed by atoms with Crippen LogP contribution in [0.5, 0.6) is 11.5 Å². The van der Waals surface area contributed by atoms with Gasteiger partial charge in [0.25, 0.3) is 0 Å². The van der Waals surface area contributed by atoms with Gasteiger partial charge in [0.1, 0.15) is 11.5 Å². The molecule has 0 amide bonds. The number of nitrogen functional groups attached to an aromatic ring is 1. The highest BCUT2D eigenvalue weighted by molar-refractivity contribution is 7.84. The molecule has 0 fully saturated rings. The molecule has 4 heteroatoms. The maximum atomic E-state index is 11.3. The van der Waals surface area contributed by atoms with Crippen LogP contribution in [0.4, 0.5) is 5.69 Å². The van der Waals surface area contributed by atoms with Gasteiger partial charge in [0, 0.05) is 27.6 Å². The third-order valence-corrected chi connectivity index (χ3v) is 3.52. The number of nitrogens with two attached hydrogens (primary N) is 1. The lowest BCUT2D eigenvalue weighted by Crippen LogP contribution is -1.91. The number of hydrogen-bond donors (Lipinski definition) is 1. The fraction of sp³-hybridized carbons (Fsp3) is 0.294. The van der Waals surface area contributed by atoms with Gasteiger partial charge in [-0.1, -0.05) is 20.3 Å². The van der Waals surface area contributed by atoms with E-state index in [1.165, 1.54) is 6.42 Å². The summed E-state index contributed by atoms with van der Waals surface area (Å²) in [6.45, 7) is 6.20. The Labute approximate surface area is 129 Å². The Morgan fingerprint density at radius 2 is 1.67 bits per heavy atom. The summed E-state index contributed by atoms with van der Waals surface area (Å²) >= 11 is 0. The Hall–Kier alpha value is -1.81. The van der Waals surface area contributed by atoms with Gasteiger partial charge in [0.15, 0.2) is 0 Å². The second-order valence-corrected chi connectivity index (χ2v) is 6.14. The minimum absolute atomic E-state index is 0.719. The molecule has 0 aliphatic carbocycles. The molecule has 114 valence electrons. The molecule has 0 saturated carbocycles. The van der Waals surface area contributed by atoms with Crippen molar-refractivity contribution in [2.75, 3.05) is 12.0 Å². The molecule has 0 radical (unpaired) electrons. The summed E-state index contributed by atoms with van der Waals surface area (Å²) < 4.78 is 17.0. The Balaban J connectivity index is 0.000000677. The SMILES string of the molecule is CCC.Cc1cc(N)ccc1Oc1ccc(S(C)=O)cc1. The first-order valence-electron chi connectivity index (χ1n) is 6.95. The summed E-state index contributed by atoms with van der Waals surface area (Å²) in [6, 6.07) is 12.7. The number of hydrogen-bond acceptors (Lipinski definition) is 3. The molecule has 0 bridgehead atoms. The van der Waals surface area contributed by atoms with Crippen molar-refractivity contribution in [2.45, 2.75) is 32.1 Å². The number of benzene rings is 2. The first kappa shape index (κ1) is 17.2. The largest absolute Gasteiger partial charge is 0.457 e. The van der Waals surface area contributed by atoms with Crippen molar-refractivity contribution in [3.63, 3.8) is 0 Å². The standard InChI is InChI=1S/C14H15NO2S.C3H8/c1-10-9-11(15)3-8-14(10)17-12-4-6-13(7-5-12)18(2)16;1-3-2/h3-9H,15H2,1-2H3;3H2,1-2H3. The molecule has 0 aliphatic heterocycles. The van der Waals surface area contributed by atoms with E-state index in [9.17, 15) is 4.21 Å². The third-order valence-electron chi connectivity index (χ3n) is 2.58. The van der Waals surface area contributed by atoms with E-state index in [1.54, 1.807) is 24.5 Å². The highest BCUT2D eigenvalue weighted by Gasteiger charge is 2.03. The minimum Gasteiger partial charge on any atom is -0.457 e. The average molecular weight is 305 g/mol. The maximum Gasteiger partial charge on any atom is 0.130 e. The number of ether oxygens (including phenoxy) is 1. The van der Waals surface area contributed by atoms with Gasteiger partial charge < -0.3 is 10.5 Å². The van der Waals surface area contributed by atoms with Crippen molar-refractivity contribution in [3.05, 3.63) is 48.0 Å². The summed E-state index contributed by atoms with van der Waals surface area (Å²) in [5, 5.41) is 0. The molecule has 0 spiro atoms. The van der Waals surface area contributed by atoms with Crippen LogP contribution in [0, 0.1) is 6.92 Å².